The predicted octanol–water partition coefficient (Wildman–Crippen LogP) is 2.25. The van der Waals surface area contributed by atoms with E-state index in [0.717, 1.165) is 5.56 Å². The molecule has 0 bridgehead atoms. The van der Waals surface area contributed by atoms with Gasteiger partial charge in [-0.2, -0.15) is 0 Å². The summed E-state index contributed by atoms with van der Waals surface area (Å²) in [6.45, 7) is 3.20. The summed E-state index contributed by atoms with van der Waals surface area (Å²) in [5, 5.41) is 10.3. The zero-order chi connectivity index (χ0) is 17.6. The van der Waals surface area contributed by atoms with Crippen LogP contribution in [-0.4, -0.2) is 53.5 Å². The van der Waals surface area contributed by atoms with Gasteiger partial charge in [0.1, 0.15) is 5.82 Å². The van der Waals surface area contributed by atoms with Crippen LogP contribution in [0.15, 0.2) is 54.6 Å². The number of carbonyl (C=O) groups excluding carboxylic acids is 1. The molecular formula is C20H23FN2O2. The van der Waals surface area contributed by atoms with Gasteiger partial charge >= 0.3 is 0 Å². The highest BCUT2D eigenvalue weighted by Gasteiger charge is 2.23. The van der Waals surface area contributed by atoms with Gasteiger partial charge in [-0.1, -0.05) is 48.5 Å². The molecule has 2 aromatic carbocycles. The summed E-state index contributed by atoms with van der Waals surface area (Å²) in [5.74, 6) is -0.381. The van der Waals surface area contributed by atoms with Gasteiger partial charge in [-0.15, -0.1) is 0 Å². The summed E-state index contributed by atoms with van der Waals surface area (Å²) in [7, 11) is 0. The Morgan fingerprint density at radius 1 is 1.00 bits per heavy atom. The fraction of sp³-hybridized carbons (Fsp3) is 0.350. The van der Waals surface area contributed by atoms with Gasteiger partial charge < -0.3 is 10.0 Å². The van der Waals surface area contributed by atoms with Crippen molar-refractivity contribution < 1.29 is 14.3 Å². The topological polar surface area (TPSA) is 43.8 Å². The van der Waals surface area contributed by atoms with Crippen LogP contribution in [0.4, 0.5) is 4.39 Å². The molecule has 1 aliphatic rings. The molecule has 25 heavy (non-hydrogen) atoms. The van der Waals surface area contributed by atoms with Crippen LogP contribution in [0, 0.1) is 5.82 Å². The first-order valence-corrected chi connectivity index (χ1v) is 8.60. The number of benzene rings is 2. The molecule has 5 heteroatoms. The SMILES string of the molecule is O=C(Cc1ccccc1F)N1CCN(CC(O)c2ccccc2)CC1. The van der Waals surface area contributed by atoms with Gasteiger partial charge in [-0.25, -0.2) is 4.39 Å². The molecule has 2 aromatic rings. The molecule has 1 amide bonds. The third-order valence-electron chi connectivity index (χ3n) is 4.64. The molecule has 0 aromatic heterocycles. The molecule has 1 atom stereocenters. The zero-order valence-electron chi connectivity index (χ0n) is 14.1. The summed E-state index contributed by atoms with van der Waals surface area (Å²) in [5.41, 5.74) is 1.34. The van der Waals surface area contributed by atoms with Crippen LogP contribution in [-0.2, 0) is 11.2 Å². The van der Waals surface area contributed by atoms with Crippen molar-refractivity contribution in [3.8, 4) is 0 Å². The molecule has 0 saturated carbocycles. The van der Waals surface area contributed by atoms with Crippen molar-refractivity contribution in [2.75, 3.05) is 32.7 Å². The largest absolute Gasteiger partial charge is 0.387 e. The summed E-state index contributed by atoms with van der Waals surface area (Å²) >= 11 is 0. The fourth-order valence-corrected chi connectivity index (χ4v) is 3.12. The van der Waals surface area contributed by atoms with Gasteiger partial charge in [0.25, 0.3) is 0 Å². The van der Waals surface area contributed by atoms with Crippen molar-refractivity contribution in [3.63, 3.8) is 0 Å². The van der Waals surface area contributed by atoms with Crippen molar-refractivity contribution >= 4 is 5.91 Å². The molecule has 1 unspecified atom stereocenters. The van der Waals surface area contributed by atoms with Crippen molar-refractivity contribution in [2.24, 2.45) is 0 Å². The Morgan fingerprint density at radius 2 is 1.64 bits per heavy atom. The second kappa shape index (κ2) is 8.23. The van der Waals surface area contributed by atoms with Crippen molar-refractivity contribution in [1.82, 2.24) is 9.80 Å². The number of nitrogens with zero attached hydrogens (tertiary/aromatic N) is 2. The summed E-state index contributed by atoms with van der Waals surface area (Å²) in [6.07, 6.45) is -0.430. The van der Waals surface area contributed by atoms with Crippen LogP contribution in [0.3, 0.4) is 0 Å². The lowest BCUT2D eigenvalue weighted by Crippen LogP contribution is -2.50. The maximum atomic E-state index is 13.7. The van der Waals surface area contributed by atoms with E-state index in [-0.39, 0.29) is 18.1 Å². The van der Waals surface area contributed by atoms with Crippen molar-refractivity contribution in [2.45, 2.75) is 12.5 Å². The smallest absolute Gasteiger partial charge is 0.227 e. The van der Waals surface area contributed by atoms with Crippen LogP contribution in [0.25, 0.3) is 0 Å². The minimum absolute atomic E-state index is 0.0478. The molecule has 132 valence electrons. The van der Waals surface area contributed by atoms with Gasteiger partial charge in [0.2, 0.25) is 5.91 Å². The average Bonchev–Trinajstić information content (AvgIpc) is 2.65. The van der Waals surface area contributed by atoms with E-state index in [4.69, 9.17) is 0 Å². The number of aliphatic hydroxyl groups is 1. The van der Waals surface area contributed by atoms with E-state index in [9.17, 15) is 14.3 Å². The highest BCUT2D eigenvalue weighted by Crippen LogP contribution is 2.16. The fourth-order valence-electron chi connectivity index (χ4n) is 3.12. The minimum Gasteiger partial charge on any atom is -0.387 e. The number of β-amino-alcohol motifs (C(OH)–C–C–N with tert-alkyl or cyclic N) is 1. The minimum atomic E-state index is -0.526. The van der Waals surface area contributed by atoms with Gasteiger partial charge in [0, 0.05) is 32.7 Å². The monoisotopic (exact) mass is 342 g/mol. The number of hydrogen-bond donors (Lipinski definition) is 1. The molecule has 1 heterocycles. The Balaban J connectivity index is 1.48. The predicted molar refractivity (Wildman–Crippen MR) is 94.5 cm³/mol. The summed E-state index contributed by atoms with van der Waals surface area (Å²) in [6, 6.07) is 16.0. The first-order valence-electron chi connectivity index (χ1n) is 8.60. The van der Waals surface area contributed by atoms with Crippen LogP contribution in [0.2, 0.25) is 0 Å². The Kier molecular flexibility index (Phi) is 5.79. The Hall–Kier alpha value is -2.24. The second-order valence-electron chi connectivity index (χ2n) is 6.38. The Morgan fingerprint density at radius 3 is 2.32 bits per heavy atom. The third-order valence-corrected chi connectivity index (χ3v) is 4.64. The third kappa shape index (κ3) is 4.65. The number of aliphatic hydroxyl groups excluding tert-OH is 1. The van der Waals surface area contributed by atoms with Crippen molar-refractivity contribution in [1.29, 1.82) is 0 Å². The van der Waals surface area contributed by atoms with E-state index in [0.29, 0.717) is 38.3 Å². The van der Waals surface area contributed by atoms with E-state index in [1.54, 1.807) is 23.1 Å². The first-order chi connectivity index (χ1) is 12.1. The zero-order valence-corrected chi connectivity index (χ0v) is 14.1. The van der Waals surface area contributed by atoms with Crippen molar-refractivity contribution in [3.05, 3.63) is 71.5 Å². The number of rotatable bonds is 5. The lowest BCUT2D eigenvalue weighted by molar-refractivity contribution is -0.132. The first kappa shape index (κ1) is 17.6. The van der Waals surface area contributed by atoms with E-state index >= 15 is 0 Å². The molecule has 0 radical (unpaired) electrons. The lowest BCUT2D eigenvalue weighted by atomic mass is 10.1. The number of hydrogen-bond acceptors (Lipinski definition) is 3. The molecule has 4 nitrogen and oxygen atoms in total. The molecule has 1 N–H and O–H groups in total. The maximum absolute atomic E-state index is 13.7. The Labute approximate surface area is 147 Å². The van der Waals surface area contributed by atoms with Crippen LogP contribution in [0.1, 0.15) is 17.2 Å². The number of piperazine rings is 1. The maximum Gasteiger partial charge on any atom is 0.227 e. The quantitative estimate of drug-likeness (QED) is 0.906. The highest BCUT2D eigenvalue weighted by molar-refractivity contribution is 5.79. The molecule has 3 rings (SSSR count). The van der Waals surface area contributed by atoms with E-state index in [1.807, 2.05) is 30.3 Å². The number of carbonyl (C=O) groups is 1. The van der Waals surface area contributed by atoms with Gasteiger partial charge in [-0.3, -0.25) is 9.69 Å². The summed E-state index contributed by atoms with van der Waals surface area (Å²) < 4.78 is 13.7. The van der Waals surface area contributed by atoms with Gasteiger partial charge in [0.05, 0.1) is 12.5 Å². The Bertz CT molecular complexity index is 700. The second-order valence-corrected chi connectivity index (χ2v) is 6.38. The molecule has 1 fully saturated rings. The van der Waals surface area contributed by atoms with E-state index in [1.165, 1.54) is 6.07 Å². The average molecular weight is 342 g/mol. The van der Waals surface area contributed by atoms with Crippen LogP contribution in [0.5, 0.6) is 0 Å². The van der Waals surface area contributed by atoms with E-state index in [2.05, 4.69) is 4.90 Å². The molecule has 0 aliphatic carbocycles. The normalized spacial score (nSPS) is 16.6. The highest BCUT2D eigenvalue weighted by atomic mass is 19.1. The summed E-state index contributed by atoms with van der Waals surface area (Å²) in [4.78, 5) is 16.3. The van der Waals surface area contributed by atoms with Crippen LogP contribution >= 0.6 is 0 Å². The lowest BCUT2D eigenvalue weighted by Gasteiger charge is -2.35. The van der Waals surface area contributed by atoms with E-state index < -0.39 is 6.10 Å². The standard InChI is InChI=1S/C20H23FN2O2/c21-18-9-5-4-8-17(18)14-20(25)23-12-10-22(11-13-23)15-19(24)16-6-2-1-3-7-16/h1-9,19,24H,10-15H2. The van der Waals surface area contributed by atoms with Gasteiger partial charge in [-0.05, 0) is 17.2 Å². The molecular weight excluding hydrogens is 319 g/mol. The van der Waals surface area contributed by atoms with Gasteiger partial charge in [0.15, 0.2) is 0 Å². The number of halogens is 1. The molecule has 1 aliphatic heterocycles. The molecule has 1 saturated heterocycles. The number of amides is 1. The molecule has 0 spiro atoms. The van der Waals surface area contributed by atoms with Crippen LogP contribution < -0.4 is 0 Å².